The van der Waals surface area contributed by atoms with Crippen molar-refractivity contribution in [2.45, 2.75) is 27.3 Å². The van der Waals surface area contributed by atoms with E-state index in [0.29, 0.717) is 47.4 Å². The van der Waals surface area contributed by atoms with Gasteiger partial charge in [0.15, 0.2) is 16.6 Å². The molecule has 0 saturated carbocycles. The highest BCUT2D eigenvalue weighted by Gasteiger charge is 2.16. The van der Waals surface area contributed by atoms with Crippen LogP contribution < -0.4 is 25.1 Å². The Hall–Kier alpha value is -3.30. The van der Waals surface area contributed by atoms with Gasteiger partial charge in [0.05, 0.1) is 32.9 Å². The number of nitrogens with zero attached hydrogens (tertiary/aromatic N) is 2. The molecule has 3 aromatic rings. The summed E-state index contributed by atoms with van der Waals surface area (Å²) in [5, 5.41) is 4.73. The minimum Gasteiger partial charge on any atom is -0.494 e. The minimum absolute atomic E-state index is 0.161. The van der Waals surface area contributed by atoms with Gasteiger partial charge in [-0.25, -0.2) is 0 Å². The van der Waals surface area contributed by atoms with Gasteiger partial charge >= 0.3 is 0 Å². The van der Waals surface area contributed by atoms with Crippen LogP contribution in [-0.2, 0) is 6.54 Å². The number of thiocarbonyl (C=S) groups is 1. The Balaban J connectivity index is 1.87. The van der Waals surface area contributed by atoms with Crippen molar-refractivity contribution < 1.29 is 14.2 Å². The summed E-state index contributed by atoms with van der Waals surface area (Å²) in [6.45, 7) is 10.6. The molecular weight excluding hydrogens is 476 g/mol. The number of hydrogen-bond donors (Lipinski definition) is 2. The number of hydrogen-bond acceptors (Lipinski definition) is 6. The monoisotopic (exact) mass is 512 g/mol. The molecule has 36 heavy (non-hydrogen) atoms. The molecule has 0 amide bonds. The molecule has 1 aromatic heterocycles. The average Bonchev–Trinajstić information content (AvgIpc) is 2.89. The molecule has 9 heteroatoms. The highest BCUT2D eigenvalue weighted by atomic mass is 32.1. The van der Waals surface area contributed by atoms with E-state index in [0.717, 1.165) is 36.5 Å². The third-order valence-corrected chi connectivity index (χ3v) is 6.43. The maximum Gasteiger partial charge on any atom is 0.253 e. The lowest BCUT2D eigenvalue weighted by molar-refractivity contribution is 0.266. The Morgan fingerprint density at radius 3 is 2.25 bits per heavy atom. The highest BCUT2D eigenvalue weighted by Crippen LogP contribution is 2.31. The first-order chi connectivity index (χ1) is 17.4. The number of anilines is 1. The Morgan fingerprint density at radius 2 is 1.64 bits per heavy atom. The van der Waals surface area contributed by atoms with Crippen LogP contribution in [0.5, 0.6) is 17.2 Å². The van der Waals surface area contributed by atoms with E-state index in [1.165, 1.54) is 0 Å². The number of fused-ring (bicyclic) bond motifs is 1. The SMILES string of the molecule is CCOc1ccc(NC(=S)N(CCN(CC)CC)Cc2cc3cc(OC)c(OC)cc3[nH]c2=O)cc1. The Morgan fingerprint density at radius 1 is 0.972 bits per heavy atom. The Kier molecular flexibility index (Phi) is 9.95. The van der Waals surface area contributed by atoms with E-state index < -0.39 is 0 Å². The van der Waals surface area contributed by atoms with Crippen LogP contribution in [0, 0.1) is 0 Å². The van der Waals surface area contributed by atoms with Gasteiger partial charge < -0.3 is 34.3 Å². The summed E-state index contributed by atoms with van der Waals surface area (Å²) in [5.41, 5.74) is 2.00. The molecule has 0 saturated heterocycles. The van der Waals surface area contributed by atoms with Crippen molar-refractivity contribution >= 4 is 33.9 Å². The summed E-state index contributed by atoms with van der Waals surface area (Å²) in [4.78, 5) is 20.3. The van der Waals surface area contributed by atoms with Crippen LogP contribution in [0.2, 0.25) is 0 Å². The largest absolute Gasteiger partial charge is 0.494 e. The molecule has 0 bridgehead atoms. The van der Waals surface area contributed by atoms with Crippen LogP contribution in [0.3, 0.4) is 0 Å². The highest BCUT2D eigenvalue weighted by molar-refractivity contribution is 7.80. The molecule has 2 aromatic carbocycles. The number of H-pyrrole nitrogens is 1. The zero-order chi connectivity index (χ0) is 26.1. The van der Waals surface area contributed by atoms with Gasteiger partial charge in [-0.05, 0) is 68.6 Å². The number of aromatic amines is 1. The lowest BCUT2D eigenvalue weighted by Crippen LogP contribution is -2.41. The van der Waals surface area contributed by atoms with Crippen LogP contribution in [-0.4, -0.2) is 66.9 Å². The number of likely N-dealkylation sites (N-methyl/N-ethyl adjacent to an activating group) is 1. The van der Waals surface area contributed by atoms with Crippen molar-refractivity contribution in [3.05, 3.63) is 58.4 Å². The van der Waals surface area contributed by atoms with E-state index in [-0.39, 0.29) is 5.56 Å². The van der Waals surface area contributed by atoms with Crippen LogP contribution in [0.15, 0.2) is 47.3 Å². The average molecular weight is 513 g/mol. The van der Waals surface area contributed by atoms with Gasteiger partial charge in [0.2, 0.25) is 0 Å². The molecule has 2 N–H and O–H groups in total. The maximum atomic E-state index is 13.0. The summed E-state index contributed by atoms with van der Waals surface area (Å²) in [5.74, 6) is 1.98. The van der Waals surface area contributed by atoms with Gasteiger partial charge in [-0.15, -0.1) is 0 Å². The van der Waals surface area contributed by atoms with E-state index in [1.54, 1.807) is 20.3 Å². The van der Waals surface area contributed by atoms with E-state index in [4.69, 9.17) is 26.4 Å². The number of ether oxygens (including phenoxy) is 3. The fourth-order valence-electron chi connectivity index (χ4n) is 3.96. The van der Waals surface area contributed by atoms with Crippen molar-refractivity contribution in [3.63, 3.8) is 0 Å². The second kappa shape index (κ2) is 13.1. The molecule has 0 aliphatic rings. The van der Waals surface area contributed by atoms with Crippen molar-refractivity contribution in [1.29, 1.82) is 0 Å². The quantitative estimate of drug-likeness (QED) is 0.344. The third kappa shape index (κ3) is 6.89. The fraction of sp³-hybridized carbons (Fsp3) is 0.407. The van der Waals surface area contributed by atoms with E-state index in [2.05, 4.69) is 29.0 Å². The number of benzene rings is 2. The van der Waals surface area contributed by atoms with E-state index in [1.807, 2.05) is 48.2 Å². The topological polar surface area (TPSA) is 79.1 Å². The number of methoxy groups -OCH3 is 2. The van der Waals surface area contributed by atoms with Crippen molar-refractivity contribution in [2.75, 3.05) is 52.3 Å². The number of aromatic nitrogens is 1. The molecular formula is C27H36N4O4S. The zero-order valence-corrected chi connectivity index (χ0v) is 22.5. The Labute approximate surface area is 218 Å². The minimum atomic E-state index is -0.161. The predicted octanol–water partition coefficient (Wildman–Crippen LogP) is 4.48. The van der Waals surface area contributed by atoms with Gasteiger partial charge in [0.1, 0.15) is 5.75 Å². The molecule has 3 rings (SSSR count). The summed E-state index contributed by atoms with van der Waals surface area (Å²) in [7, 11) is 3.17. The smallest absolute Gasteiger partial charge is 0.253 e. The summed E-state index contributed by atoms with van der Waals surface area (Å²) < 4.78 is 16.3. The van der Waals surface area contributed by atoms with E-state index >= 15 is 0 Å². The number of rotatable bonds is 12. The first-order valence-electron chi connectivity index (χ1n) is 12.2. The molecule has 194 valence electrons. The second-order valence-corrected chi connectivity index (χ2v) is 8.64. The first kappa shape index (κ1) is 27.3. The maximum absolute atomic E-state index is 13.0. The van der Waals surface area contributed by atoms with Gasteiger partial charge in [-0.1, -0.05) is 13.8 Å². The fourth-order valence-corrected chi connectivity index (χ4v) is 4.23. The number of pyridine rings is 1. The summed E-state index contributed by atoms with van der Waals surface area (Å²) in [6.07, 6.45) is 0. The molecule has 0 atom stereocenters. The number of nitrogens with one attached hydrogen (secondary N) is 2. The predicted molar refractivity (Wildman–Crippen MR) is 150 cm³/mol. The molecule has 0 aliphatic heterocycles. The molecule has 1 heterocycles. The zero-order valence-electron chi connectivity index (χ0n) is 21.7. The third-order valence-electron chi connectivity index (χ3n) is 6.07. The molecule has 0 unspecified atom stereocenters. The summed E-state index contributed by atoms with van der Waals surface area (Å²) in [6, 6.07) is 13.2. The lowest BCUT2D eigenvalue weighted by Gasteiger charge is -2.29. The molecule has 8 nitrogen and oxygen atoms in total. The Bertz CT molecular complexity index is 1210. The van der Waals surface area contributed by atoms with Crippen molar-refractivity contribution in [3.8, 4) is 17.2 Å². The lowest BCUT2D eigenvalue weighted by atomic mass is 10.1. The first-order valence-corrected chi connectivity index (χ1v) is 12.6. The van der Waals surface area contributed by atoms with Gasteiger partial charge in [0.25, 0.3) is 5.56 Å². The summed E-state index contributed by atoms with van der Waals surface area (Å²) >= 11 is 5.79. The van der Waals surface area contributed by atoms with Crippen LogP contribution in [0.4, 0.5) is 5.69 Å². The van der Waals surface area contributed by atoms with E-state index in [9.17, 15) is 4.79 Å². The molecule has 0 radical (unpaired) electrons. The van der Waals surface area contributed by atoms with Gasteiger partial charge in [-0.2, -0.15) is 0 Å². The van der Waals surface area contributed by atoms with Gasteiger partial charge in [0, 0.05) is 35.8 Å². The molecule has 0 spiro atoms. The molecule has 0 aliphatic carbocycles. The molecule has 0 fully saturated rings. The normalized spacial score (nSPS) is 10.9. The van der Waals surface area contributed by atoms with Crippen molar-refractivity contribution in [2.24, 2.45) is 0 Å². The van der Waals surface area contributed by atoms with Crippen LogP contribution in [0.25, 0.3) is 10.9 Å². The van der Waals surface area contributed by atoms with Crippen LogP contribution >= 0.6 is 12.2 Å². The van der Waals surface area contributed by atoms with Crippen LogP contribution in [0.1, 0.15) is 26.3 Å². The van der Waals surface area contributed by atoms with Crippen molar-refractivity contribution in [1.82, 2.24) is 14.8 Å². The standard InChI is InChI=1S/C27H36N4O4S/c1-6-30(7-2)13-14-31(27(36)28-21-9-11-22(12-10-21)35-8-3)18-20-15-19-16-24(33-4)25(34-5)17-23(19)29-26(20)32/h9-12,15-17H,6-8,13-14,18H2,1-5H3,(H,28,36)(H,29,32). The van der Waals surface area contributed by atoms with Gasteiger partial charge in [-0.3, -0.25) is 4.79 Å². The second-order valence-electron chi connectivity index (χ2n) is 8.25.